The number of H-pyrrole nitrogens is 1. The molecule has 1 aliphatic rings. The van der Waals surface area contributed by atoms with E-state index >= 15 is 0 Å². The highest BCUT2D eigenvalue weighted by molar-refractivity contribution is 7.08. The van der Waals surface area contributed by atoms with Crippen molar-refractivity contribution in [3.8, 4) is 0 Å². The molecule has 2 atom stereocenters. The quantitative estimate of drug-likeness (QED) is 0.916. The number of hydrogen-bond acceptors (Lipinski definition) is 4. The average Bonchev–Trinajstić information content (AvgIpc) is 2.97. The maximum absolute atomic E-state index is 12.4. The molecule has 1 amide bonds. The number of amides is 1. The maximum Gasteiger partial charge on any atom is 0.322 e. The second-order valence-corrected chi connectivity index (χ2v) is 6.28. The van der Waals surface area contributed by atoms with Gasteiger partial charge in [0.2, 0.25) is 5.91 Å². The van der Waals surface area contributed by atoms with E-state index in [4.69, 9.17) is 0 Å². The summed E-state index contributed by atoms with van der Waals surface area (Å²) in [6.45, 7) is 7.70. The number of aromatic amines is 1. The van der Waals surface area contributed by atoms with Crippen LogP contribution < -0.4 is 4.87 Å². The first-order valence-corrected chi connectivity index (χ1v) is 7.72. The van der Waals surface area contributed by atoms with Gasteiger partial charge in [-0.05, 0) is 18.8 Å². The maximum atomic E-state index is 12.4. The predicted molar refractivity (Wildman–Crippen MR) is 75.3 cm³/mol. The Morgan fingerprint density at radius 1 is 1.47 bits per heavy atom. The SMILES string of the molecule is CCC(CC)C(=O)N1C[C@@H](C)[C@@H](c2n[nH]c(=O)s2)C1. The minimum Gasteiger partial charge on any atom is -0.341 e. The summed E-state index contributed by atoms with van der Waals surface area (Å²) in [4.78, 5) is 25.4. The molecule has 0 radical (unpaired) electrons. The fraction of sp³-hybridized carbons (Fsp3) is 0.769. The van der Waals surface area contributed by atoms with E-state index in [0.29, 0.717) is 12.5 Å². The third-order valence-corrected chi connectivity index (χ3v) is 4.91. The van der Waals surface area contributed by atoms with Crippen LogP contribution in [0.5, 0.6) is 0 Å². The number of aromatic nitrogens is 2. The Bertz CT molecular complexity index is 492. The van der Waals surface area contributed by atoms with E-state index in [-0.39, 0.29) is 22.6 Å². The van der Waals surface area contributed by atoms with Gasteiger partial charge >= 0.3 is 4.87 Å². The van der Waals surface area contributed by atoms with Crippen LogP contribution in [0.1, 0.15) is 44.5 Å². The number of carbonyl (C=O) groups is 1. The first-order chi connectivity index (χ1) is 9.06. The van der Waals surface area contributed by atoms with Gasteiger partial charge < -0.3 is 4.90 Å². The molecule has 2 rings (SSSR count). The Morgan fingerprint density at radius 3 is 2.68 bits per heavy atom. The molecule has 1 aliphatic heterocycles. The van der Waals surface area contributed by atoms with Crippen LogP contribution in [-0.4, -0.2) is 34.1 Å². The van der Waals surface area contributed by atoms with Crippen LogP contribution in [0, 0.1) is 11.8 Å². The molecule has 106 valence electrons. The van der Waals surface area contributed by atoms with Gasteiger partial charge in [-0.1, -0.05) is 32.1 Å². The molecule has 1 aromatic heterocycles. The van der Waals surface area contributed by atoms with E-state index < -0.39 is 0 Å². The molecule has 1 fully saturated rings. The van der Waals surface area contributed by atoms with E-state index in [0.717, 1.165) is 35.7 Å². The molecule has 2 heterocycles. The van der Waals surface area contributed by atoms with Gasteiger partial charge in [0.15, 0.2) is 0 Å². The average molecular weight is 283 g/mol. The van der Waals surface area contributed by atoms with Gasteiger partial charge in [-0.15, -0.1) is 0 Å². The molecule has 0 aromatic carbocycles. The molecule has 1 aromatic rings. The second kappa shape index (κ2) is 5.86. The summed E-state index contributed by atoms with van der Waals surface area (Å²) in [5.74, 6) is 0.936. The smallest absolute Gasteiger partial charge is 0.322 e. The number of likely N-dealkylation sites (tertiary alicyclic amines) is 1. The van der Waals surface area contributed by atoms with E-state index in [9.17, 15) is 9.59 Å². The molecular weight excluding hydrogens is 262 g/mol. The third-order valence-electron chi connectivity index (χ3n) is 4.03. The van der Waals surface area contributed by atoms with E-state index in [1.54, 1.807) is 0 Å². The summed E-state index contributed by atoms with van der Waals surface area (Å²) < 4.78 is 0. The standard InChI is InChI=1S/C13H21N3O2S/c1-4-9(5-2)12(17)16-6-8(3)10(7-16)11-14-15-13(18)19-11/h8-10H,4-7H2,1-3H3,(H,15,18)/t8-,10+/m1/s1. The Hall–Kier alpha value is -1.17. The van der Waals surface area contributed by atoms with Crippen LogP contribution in [0.25, 0.3) is 0 Å². The lowest BCUT2D eigenvalue weighted by atomic mass is 9.99. The fourth-order valence-corrected chi connectivity index (χ4v) is 3.60. The van der Waals surface area contributed by atoms with Crippen LogP contribution in [0.4, 0.5) is 0 Å². The van der Waals surface area contributed by atoms with Crippen molar-refractivity contribution in [3.63, 3.8) is 0 Å². The zero-order valence-electron chi connectivity index (χ0n) is 11.7. The Morgan fingerprint density at radius 2 is 2.16 bits per heavy atom. The second-order valence-electron chi connectivity index (χ2n) is 5.29. The van der Waals surface area contributed by atoms with Gasteiger partial charge in [-0.2, -0.15) is 5.10 Å². The molecule has 0 saturated carbocycles. The lowest BCUT2D eigenvalue weighted by Crippen LogP contribution is -2.34. The Kier molecular flexibility index (Phi) is 4.39. The van der Waals surface area contributed by atoms with Gasteiger partial charge in [0.25, 0.3) is 0 Å². The van der Waals surface area contributed by atoms with Gasteiger partial charge in [0, 0.05) is 24.9 Å². The summed E-state index contributed by atoms with van der Waals surface area (Å²) in [5, 5.41) is 7.37. The minimum absolute atomic E-state index is 0.119. The molecule has 1 saturated heterocycles. The number of nitrogens with zero attached hydrogens (tertiary/aromatic N) is 2. The molecule has 1 N–H and O–H groups in total. The third kappa shape index (κ3) is 2.88. The predicted octanol–water partition coefficient (Wildman–Crippen LogP) is 1.83. The fourth-order valence-electron chi connectivity index (χ4n) is 2.76. The van der Waals surface area contributed by atoms with Crippen LogP contribution in [0.2, 0.25) is 0 Å². The minimum atomic E-state index is -0.119. The lowest BCUT2D eigenvalue weighted by Gasteiger charge is -2.21. The first-order valence-electron chi connectivity index (χ1n) is 6.91. The summed E-state index contributed by atoms with van der Waals surface area (Å²) in [5.41, 5.74) is 0. The molecule has 5 nitrogen and oxygen atoms in total. The lowest BCUT2D eigenvalue weighted by molar-refractivity contribution is -0.134. The highest BCUT2D eigenvalue weighted by Crippen LogP contribution is 2.33. The number of rotatable bonds is 4. The van der Waals surface area contributed by atoms with E-state index in [1.165, 1.54) is 0 Å². The molecule has 0 unspecified atom stereocenters. The largest absolute Gasteiger partial charge is 0.341 e. The van der Waals surface area contributed by atoms with Crippen molar-refractivity contribution in [2.24, 2.45) is 11.8 Å². The van der Waals surface area contributed by atoms with Gasteiger partial charge in [0.05, 0.1) is 0 Å². The van der Waals surface area contributed by atoms with Crippen molar-refractivity contribution in [1.82, 2.24) is 15.1 Å². The topological polar surface area (TPSA) is 66.1 Å². The molecule has 0 bridgehead atoms. The zero-order chi connectivity index (χ0) is 14.0. The van der Waals surface area contributed by atoms with E-state index in [2.05, 4.69) is 31.0 Å². The monoisotopic (exact) mass is 283 g/mol. The molecular formula is C13H21N3O2S. The normalized spacial score (nSPS) is 23.3. The number of nitrogens with one attached hydrogen (secondary N) is 1. The molecule has 0 aliphatic carbocycles. The first kappa shape index (κ1) is 14.2. The number of carbonyl (C=O) groups excluding carboxylic acids is 1. The van der Waals surface area contributed by atoms with Crippen molar-refractivity contribution in [2.75, 3.05) is 13.1 Å². The summed E-state index contributed by atoms with van der Waals surface area (Å²) in [7, 11) is 0. The number of hydrogen-bond donors (Lipinski definition) is 1. The van der Waals surface area contributed by atoms with Crippen LogP contribution in [-0.2, 0) is 4.79 Å². The van der Waals surface area contributed by atoms with Crippen LogP contribution in [0.3, 0.4) is 0 Å². The van der Waals surface area contributed by atoms with Crippen molar-refractivity contribution >= 4 is 17.2 Å². The summed E-state index contributed by atoms with van der Waals surface area (Å²) in [6.07, 6.45) is 1.78. The molecule has 0 spiro atoms. The highest BCUT2D eigenvalue weighted by Gasteiger charge is 2.36. The summed E-state index contributed by atoms with van der Waals surface area (Å²) >= 11 is 1.16. The molecule has 19 heavy (non-hydrogen) atoms. The molecule has 6 heteroatoms. The Labute approximate surface area is 117 Å². The van der Waals surface area contributed by atoms with Crippen LogP contribution >= 0.6 is 11.3 Å². The zero-order valence-corrected chi connectivity index (χ0v) is 12.5. The van der Waals surface area contributed by atoms with Crippen molar-refractivity contribution in [1.29, 1.82) is 0 Å². The highest BCUT2D eigenvalue weighted by atomic mass is 32.1. The Balaban J connectivity index is 2.09. The van der Waals surface area contributed by atoms with Crippen molar-refractivity contribution in [2.45, 2.75) is 39.5 Å². The summed E-state index contributed by atoms with van der Waals surface area (Å²) in [6, 6.07) is 0. The van der Waals surface area contributed by atoms with Crippen LogP contribution in [0.15, 0.2) is 4.79 Å². The van der Waals surface area contributed by atoms with Gasteiger partial charge in [-0.3, -0.25) is 9.59 Å². The van der Waals surface area contributed by atoms with E-state index in [1.807, 2.05) is 4.90 Å². The van der Waals surface area contributed by atoms with Crippen molar-refractivity contribution in [3.05, 3.63) is 14.7 Å². The van der Waals surface area contributed by atoms with Gasteiger partial charge in [0.1, 0.15) is 5.01 Å². The van der Waals surface area contributed by atoms with Gasteiger partial charge in [-0.25, -0.2) is 5.10 Å². The van der Waals surface area contributed by atoms with Crippen molar-refractivity contribution < 1.29 is 4.79 Å².